The minimum Gasteiger partial charge on any atom is -0.393 e. The van der Waals surface area contributed by atoms with Crippen LogP contribution in [0.25, 0.3) is 0 Å². The van der Waals surface area contributed by atoms with E-state index in [4.69, 9.17) is 5.73 Å². The fraction of sp³-hybridized carbons (Fsp3) is 0.188. The minimum absolute atomic E-state index is 0.458. The van der Waals surface area contributed by atoms with E-state index in [0.717, 1.165) is 22.1 Å². The highest BCUT2D eigenvalue weighted by atomic mass is 32.1. The lowest BCUT2D eigenvalue weighted by atomic mass is 10.2. The van der Waals surface area contributed by atoms with Gasteiger partial charge in [-0.15, -0.1) is 11.3 Å². The van der Waals surface area contributed by atoms with Gasteiger partial charge in [-0.2, -0.15) is 0 Å². The molecule has 2 heterocycles. The van der Waals surface area contributed by atoms with E-state index in [1.54, 1.807) is 11.3 Å². The zero-order valence-electron chi connectivity index (χ0n) is 13.2. The van der Waals surface area contributed by atoms with E-state index >= 15 is 0 Å². The van der Waals surface area contributed by atoms with Crippen molar-refractivity contribution >= 4 is 39.5 Å². The van der Waals surface area contributed by atoms with Crippen LogP contribution in [0.15, 0.2) is 30.6 Å². The molecule has 7 heteroatoms. The molecule has 2 aromatic heterocycles. The van der Waals surface area contributed by atoms with Gasteiger partial charge in [-0.05, 0) is 38.5 Å². The molecule has 3 aromatic rings. The lowest BCUT2D eigenvalue weighted by molar-refractivity contribution is 1.16. The van der Waals surface area contributed by atoms with Gasteiger partial charge >= 0.3 is 0 Å². The Balaban J connectivity index is 1.86. The first kappa shape index (κ1) is 15.2. The first-order valence-electron chi connectivity index (χ1n) is 7.18. The van der Waals surface area contributed by atoms with E-state index in [9.17, 15) is 0 Å². The maximum atomic E-state index is 6.19. The molecule has 0 atom stereocenters. The predicted octanol–water partition coefficient (Wildman–Crippen LogP) is 3.93. The van der Waals surface area contributed by atoms with Crippen molar-refractivity contribution < 1.29 is 0 Å². The van der Waals surface area contributed by atoms with Crippen LogP contribution in [0.5, 0.6) is 0 Å². The van der Waals surface area contributed by atoms with Crippen molar-refractivity contribution in [1.82, 2.24) is 15.0 Å². The Morgan fingerprint density at radius 2 is 1.78 bits per heavy atom. The third-order valence-electron chi connectivity index (χ3n) is 3.42. The SMILES string of the molecule is Cc1cccc(Nc2ncnc(Nc3nc(C)c(C)s3)c2N)c1. The summed E-state index contributed by atoms with van der Waals surface area (Å²) in [5.41, 5.74) is 9.74. The number of rotatable bonds is 4. The number of nitrogen functional groups attached to an aromatic ring is 1. The van der Waals surface area contributed by atoms with E-state index in [0.29, 0.717) is 17.3 Å². The molecule has 0 radical (unpaired) electrons. The molecule has 0 saturated carbocycles. The topological polar surface area (TPSA) is 88.8 Å². The first-order chi connectivity index (χ1) is 11.0. The average molecular weight is 326 g/mol. The standard InChI is InChI=1S/C16H18N6S/c1-9-5-4-6-12(7-9)21-14-13(17)15(19-8-18-14)22-16-20-10(2)11(3)23-16/h4-8H,17H2,1-3H3,(H2,18,19,20,21,22). The third kappa shape index (κ3) is 3.40. The molecule has 6 nitrogen and oxygen atoms in total. The van der Waals surface area contributed by atoms with Gasteiger partial charge in [0.25, 0.3) is 0 Å². The van der Waals surface area contributed by atoms with Gasteiger partial charge in [0.15, 0.2) is 16.8 Å². The summed E-state index contributed by atoms with van der Waals surface area (Å²) in [6.45, 7) is 6.05. The summed E-state index contributed by atoms with van der Waals surface area (Å²) in [7, 11) is 0. The summed E-state index contributed by atoms with van der Waals surface area (Å²) >= 11 is 1.57. The fourth-order valence-electron chi connectivity index (χ4n) is 2.08. The Labute approximate surface area is 138 Å². The molecule has 0 aliphatic carbocycles. The molecule has 0 spiro atoms. The van der Waals surface area contributed by atoms with Crippen LogP contribution in [-0.2, 0) is 0 Å². The molecular formula is C16H18N6S. The summed E-state index contributed by atoms with van der Waals surface area (Å²) in [5.74, 6) is 1.11. The zero-order valence-corrected chi connectivity index (χ0v) is 14.0. The predicted molar refractivity (Wildman–Crippen MR) is 95.8 cm³/mol. The van der Waals surface area contributed by atoms with E-state index in [2.05, 4.69) is 25.6 Å². The van der Waals surface area contributed by atoms with Crippen LogP contribution in [0.2, 0.25) is 0 Å². The molecule has 0 unspecified atom stereocenters. The minimum atomic E-state index is 0.458. The zero-order chi connectivity index (χ0) is 16.4. The molecule has 0 aliphatic rings. The molecule has 0 fully saturated rings. The molecule has 0 amide bonds. The van der Waals surface area contributed by atoms with Gasteiger partial charge in [-0.3, -0.25) is 0 Å². The van der Waals surface area contributed by atoms with Crippen molar-refractivity contribution in [1.29, 1.82) is 0 Å². The summed E-state index contributed by atoms with van der Waals surface area (Å²) in [6.07, 6.45) is 1.48. The number of benzene rings is 1. The lowest BCUT2D eigenvalue weighted by Gasteiger charge is -2.11. The maximum Gasteiger partial charge on any atom is 0.188 e. The summed E-state index contributed by atoms with van der Waals surface area (Å²) in [5, 5.41) is 7.16. The summed E-state index contributed by atoms with van der Waals surface area (Å²) < 4.78 is 0. The Hall–Kier alpha value is -2.67. The molecule has 3 rings (SSSR count). The Morgan fingerprint density at radius 3 is 2.43 bits per heavy atom. The smallest absolute Gasteiger partial charge is 0.188 e. The van der Waals surface area contributed by atoms with Crippen molar-refractivity contribution in [2.24, 2.45) is 0 Å². The summed E-state index contributed by atoms with van der Waals surface area (Å²) in [4.78, 5) is 14.0. The Morgan fingerprint density at radius 1 is 1.04 bits per heavy atom. The highest BCUT2D eigenvalue weighted by Crippen LogP contribution is 2.30. The van der Waals surface area contributed by atoms with Crippen molar-refractivity contribution in [2.75, 3.05) is 16.4 Å². The van der Waals surface area contributed by atoms with Crippen molar-refractivity contribution in [3.8, 4) is 0 Å². The molecule has 4 N–H and O–H groups in total. The third-order valence-corrected chi connectivity index (χ3v) is 4.41. The highest BCUT2D eigenvalue weighted by Gasteiger charge is 2.11. The van der Waals surface area contributed by atoms with Crippen LogP contribution in [0.1, 0.15) is 16.1 Å². The van der Waals surface area contributed by atoms with E-state index in [1.165, 1.54) is 11.2 Å². The molecule has 118 valence electrons. The van der Waals surface area contributed by atoms with Crippen molar-refractivity contribution in [3.63, 3.8) is 0 Å². The molecular weight excluding hydrogens is 308 g/mol. The molecule has 23 heavy (non-hydrogen) atoms. The number of aryl methyl sites for hydroxylation is 3. The second-order valence-electron chi connectivity index (χ2n) is 5.26. The van der Waals surface area contributed by atoms with Crippen LogP contribution in [0.3, 0.4) is 0 Å². The molecule has 0 saturated heterocycles. The van der Waals surface area contributed by atoms with Gasteiger partial charge < -0.3 is 16.4 Å². The van der Waals surface area contributed by atoms with Gasteiger partial charge in [-0.1, -0.05) is 12.1 Å². The first-order valence-corrected chi connectivity index (χ1v) is 8.00. The van der Waals surface area contributed by atoms with Crippen LogP contribution in [0, 0.1) is 20.8 Å². The quantitative estimate of drug-likeness (QED) is 0.673. The Kier molecular flexibility index (Phi) is 4.12. The van der Waals surface area contributed by atoms with E-state index < -0.39 is 0 Å². The Bertz CT molecular complexity index is 823. The van der Waals surface area contributed by atoms with Crippen molar-refractivity contribution in [3.05, 3.63) is 46.7 Å². The molecule has 1 aromatic carbocycles. The largest absolute Gasteiger partial charge is 0.393 e. The fourth-order valence-corrected chi connectivity index (χ4v) is 2.90. The number of thiazole rings is 1. The van der Waals surface area contributed by atoms with Crippen LogP contribution in [0.4, 0.5) is 28.1 Å². The number of aromatic nitrogens is 3. The number of hydrogen-bond acceptors (Lipinski definition) is 7. The van der Waals surface area contributed by atoms with Crippen LogP contribution >= 0.6 is 11.3 Å². The number of hydrogen-bond donors (Lipinski definition) is 3. The average Bonchev–Trinajstić information content (AvgIpc) is 2.82. The highest BCUT2D eigenvalue weighted by molar-refractivity contribution is 7.15. The van der Waals surface area contributed by atoms with Gasteiger partial charge in [0.05, 0.1) is 5.69 Å². The van der Waals surface area contributed by atoms with Crippen LogP contribution < -0.4 is 16.4 Å². The lowest BCUT2D eigenvalue weighted by Crippen LogP contribution is -2.05. The second-order valence-corrected chi connectivity index (χ2v) is 6.47. The number of nitrogens with one attached hydrogen (secondary N) is 2. The normalized spacial score (nSPS) is 10.6. The van der Waals surface area contributed by atoms with E-state index in [-0.39, 0.29) is 0 Å². The van der Waals surface area contributed by atoms with E-state index in [1.807, 2.05) is 45.0 Å². The number of anilines is 5. The molecule has 0 bridgehead atoms. The van der Waals surface area contributed by atoms with Crippen molar-refractivity contribution in [2.45, 2.75) is 20.8 Å². The molecule has 0 aliphatic heterocycles. The second kappa shape index (κ2) is 6.21. The van der Waals surface area contributed by atoms with Gasteiger partial charge in [-0.25, -0.2) is 15.0 Å². The monoisotopic (exact) mass is 326 g/mol. The number of nitrogens with zero attached hydrogens (tertiary/aromatic N) is 3. The number of nitrogens with two attached hydrogens (primary N) is 1. The summed E-state index contributed by atoms with van der Waals surface area (Å²) in [6, 6.07) is 8.02. The van der Waals surface area contributed by atoms with Crippen LogP contribution in [-0.4, -0.2) is 15.0 Å². The van der Waals surface area contributed by atoms with Gasteiger partial charge in [0.1, 0.15) is 12.0 Å². The van der Waals surface area contributed by atoms with Gasteiger partial charge in [0.2, 0.25) is 0 Å². The van der Waals surface area contributed by atoms with Gasteiger partial charge in [0, 0.05) is 10.6 Å². The maximum absolute atomic E-state index is 6.19.